The van der Waals surface area contributed by atoms with Crippen LogP contribution in [0.1, 0.15) is 12.5 Å². The molecule has 3 nitrogen and oxygen atoms in total. The van der Waals surface area contributed by atoms with Crippen LogP contribution >= 0.6 is 35.1 Å². The summed E-state index contributed by atoms with van der Waals surface area (Å²) in [7, 11) is 1.58. The molecule has 1 aromatic carbocycles. The summed E-state index contributed by atoms with van der Waals surface area (Å²) < 4.78 is 6.04. The molecule has 0 N–H and O–H groups in total. The van der Waals surface area contributed by atoms with E-state index in [1.165, 1.54) is 11.8 Å². The second kappa shape index (κ2) is 6.50. The lowest BCUT2D eigenvalue weighted by molar-refractivity contribution is -0.107. The van der Waals surface area contributed by atoms with Gasteiger partial charge in [0.25, 0.3) is 0 Å². The number of thioether (sulfide) groups is 2. The second-order valence-corrected chi connectivity index (χ2v) is 6.53. The zero-order valence-corrected chi connectivity index (χ0v) is 12.9. The van der Waals surface area contributed by atoms with Gasteiger partial charge in [-0.05, 0) is 41.8 Å². The zero-order valence-electron chi connectivity index (χ0n) is 10.5. The molecule has 0 saturated carbocycles. The van der Waals surface area contributed by atoms with Gasteiger partial charge in [0, 0.05) is 10.6 Å². The minimum atomic E-state index is -0.0435. The van der Waals surface area contributed by atoms with E-state index in [1.54, 1.807) is 43.1 Å². The third-order valence-electron chi connectivity index (χ3n) is 2.35. The van der Waals surface area contributed by atoms with E-state index in [0.29, 0.717) is 16.5 Å². The summed E-state index contributed by atoms with van der Waals surface area (Å²) in [4.78, 5) is 16.2. The Balaban J connectivity index is 2.35. The molecule has 0 saturated heterocycles. The molecule has 1 aromatic rings. The fourth-order valence-electron chi connectivity index (χ4n) is 1.54. The highest BCUT2D eigenvalue weighted by molar-refractivity contribution is 8.45. The van der Waals surface area contributed by atoms with Crippen LogP contribution in [0, 0.1) is 0 Å². The van der Waals surface area contributed by atoms with Gasteiger partial charge >= 0.3 is 0 Å². The maximum Gasteiger partial charge on any atom is 0.244 e. The second-order valence-electron chi connectivity index (χ2n) is 3.62. The number of hydrogen-bond donors (Lipinski definition) is 0. The first-order chi connectivity index (χ1) is 9.13. The topological polar surface area (TPSA) is 38.7 Å². The van der Waals surface area contributed by atoms with Crippen molar-refractivity contribution in [1.82, 2.24) is 0 Å². The maximum atomic E-state index is 11.8. The number of carbonyl (C=O) groups is 1. The molecule has 1 heterocycles. The normalized spacial score (nSPS) is 16.9. The fraction of sp³-hybridized carbons (Fsp3) is 0.231. The lowest BCUT2D eigenvalue weighted by Gasteiger charge is -2.05. The lowest BCUT2D eigenvalue weighted by atomic mass is 10.1. The van der Waals surface area contributed by atoms with Crippen LogP contribution in [0.15, 0.2) is 28.9 Å². The third-order valence-corrected chi connectivity index (χ3v) is 4.48. The largest absolute Gasteiger partial charge is 0.496 e. The van der Waals surface area contributed by atoms with Crippen LogP contribution in [-0.4, -0.2) is 22.4 Å². The Morgan fingerprint density at radius 3 is 3.00 bits per heavy atom. The van der Waals surface area contributed by atoms with Crippen LogP contribution in [0.2, 0.25) is 5.02 Å². The molecule has 0 aliphatic carbocycles. The van der Waals surface area contributed by atoms with E-state index in [2.05, 4.69) is 4.99 Å². The predicted octanol–water partition coefficient (Wildman–Crippen LogP) is 4.07. The summed E-state index contributed by atoms with van der Waals surface area (Å²) in [5.74, 6) is 1.56. The molecule has 0 aromatic heterocycles. The molecular weight excluding hydrogens is 302 g/mol. The van der Waals surface area contributed by atoms with Crippen LogP contribution in [-0.2, 0) is 4.79 Å². The van der Waals surface area contributed by atoms with E-state index in [1.807, 2.05) is 6.92 Å². The molecule has 0 fully saturated rings. The van der Waals surface area contributed by atoms with E-state index >= 15 is 0 Å². The van der Waals surface area contributed by atoms with Gasteiger partial charge in [0.2, 0.25) is 5.12 Å². The van der Waals surface area contributed by atoms with Crippen LogP contribution in [0.5, 0.6) is 5.75 Å². The number of methoxy groups -OCH3 is 1. The van der Waals surface area contributed by atoms with E-state index in [-0.39, 0.29) is 5.12 Å². The highest BCUT2D eigenvalue weighted by Crippen LogP contribution is 2.33. The van der Waals surface area contributed by atoms with Gasteiger partial charge in [0.1, 0.15) is 15.8 Å². The van der Waals surface area contributed by atoms with Gasteiger partial charge in [-0.25, -0.2) is 4.99 Å². The Bertz CT molecular complexity index is 570. The number of benzene rings is 1. The first-order valence-electron chi connectivity index (χ1n) is 5.63. The van der Waals surface area contributed by atoms with Gasteiger partial charge in [0.05, 0.1) is 7.11 Å². The molecule has 0 radical (unpaired) electrons. The molecule has 2 rings (SSSR count). The molecule has 0 atom stereocenters. The number of halogens is 1. The van der Waals surface area contributed by atoms with Gasteiger partial charge in [-0.2, -0.15) is 0 Å². The monoisotopic (exact) mass is 313 g/mol. The van der Waals surface area contributed by atoms with Crippen LogP contribution in [0.25, 0.3) is 6.08 Å². The first kappa shape index (κ1) is 14.5. The predicted molar refractivity (Wildman–Crippen MR) is 84.1 cm³/mol. The Morgan fingerprint density at radius 2 is 2.32 bits per heavy atom. The number of carbonyl (C=O) groups excluding carboxylic acids is 1. The standard InChI is InChI=1S/C13H12ClNO2S2/c1-3-18-13-15-10(12(16)19-13)7-8-6-9(14)4-5-11(8)17-2/h4-7H,3H2,1-2H3/b10-7-. The molecule has 100 valence electrons. The quantitative estimate of drug-likeness (QED) is 0.788. The van der Waals surface area contributed by atoms with Crippen molar-refractivity contribution in [3.05, 3.63) is 34.5 Å². The summed E-state index contributed by atoms with van der Waals surface area (Å²) >= 11 is 8.69. The van der Waals surface area contributed by atoms with Gasteiger partial charge in [-0.3, -0.25) is 4.79 Å². The Kier molecular flexibility index (Phi) is 4.96. The number of aliphatic imine (C=N–C) groups is 1. The molecule has 0 amide bonds. The van der Waals surface area contributed by atoms with Crippen molar-refractivity contribution >= 4 is 50.7 Å². The molecule has 6 heteroatoms. The molecular formula is C13H12ClNO2S2. The van der Waals surface area contributed by atoms with Crippen molar-refractivity contribution in [3.8, 4) is 5.75 Å². The smallest absolute Gasteiger partial charge is 0.244 e. The highest BCUT2D eigenvalue weighted by Gasteiger charge is 2.22. The molecule has 1 aliphatic heterocycles. The van der Waals surface area contributed by atoms with Crippen molar-refractivity contribution in [3.63, 3.8) is 0 Å². The van der Waals surface area contributed by atoms with Crippen molar-refractivity contribution < 1.29 is 9.53 Å². The minimum Gasteiger partial charge on any atom is -0.496 e. The number of rotatable bonds is 3. The highest BCUT2D eigenvalue weighted by atomic mass is 35.5. The molecule has 0 unspecified atom stereocenters. The summed E-state index contributed by atoms with van der Waals surface area (Å²) in [6.07, 6.45) is 1.71. The van der Waals surface area contributed by atoms with E-state index in [0.717, 1.165) is 15.7 Å². The third kappa shape index (κ3) is 3.55. The van der Waals surface area contributed by atoms with Crippen molar-refractivity contribution in [2.75, 3.05) is 12.9 Å². The number of hydrogen-bond acceptors (Lipinski definition) is 5. The SMILES string of the molecule is CCSC1=N/C(=C\c2cc(Cl)ccc2OC)C(=O)S1. The van der Waals surface area contributed by atoms with Crippen molar-refractivity contribution in [2.24, 2.45) is 4.99 Å². The first-order valence-corrected chi connectivity index (χ1v) is 7.81. The molecule has 1 aliphatic rings. The van der Waals surface area contributed by atoms with Crippen LogP contribution < -0.4 is 4.74 Å². The average molecular weight is 314 g/mol. The Morgan fingerprint density at radius 1 is 1.53 bits per heavy atom. The summed E-state index contributed by atoms with van der Waals surface area (Å²) in [5, 5.41) is 0.552. The van der Waals surface area contributed by atoms with E-state index in [4.69, 9.17) is 16.3 Å². The Labute approximate surface area is 125 Å². The number of ether oxygens (including phenoxy) is 1. The van der Waals surface area contributed by atoms with Gasteiger partial charge < -0.3 is 4.74 Å². The Hall–Kier alpha value is -0.910. The molecule has 0 spiro atoms. The van der Waals surface area contributed by atoms with E-state index in [9.17, 15) is 4.79 Å². The van der Waals surface area contributed by atoms with Gasteiger partial charge in [-0.15, -0.1) is 0 Å². The van der Waals surface area contributed by atoms with Gasteiger partial charge in [0.15, 0.2) is 0 Å². The summed E-state index contributed by atoms with van der Waals surface area (Å²) in [6.45, 7) is 2.03. The molecule has 19 heavy (non-hydrogen) atoms. The van der Waals surface area contributed by atoms with Crippen molar-refractivity contribution in [2.45, 2.75) is 6.92 Å². The van der Waals surface area contributed by atoms with Crippen LogP contribution in [0.4, 0.5) is 0 Å². The lowest BCUT2D eigenvalue weighted by Crippen LogP contribution is -1.91. The number of nitrogens with zero attached hydrogens (tertiary/aromatic N) is 1. The van der Waals surface area contributed by atoms with Gasteiger partial charge in [-0.1, -0.05) is 30.3 Å². The summed E-state index contributed by atoms with van der Waals surface area (Å²) in [6, 6.07) is 5.27. The minimum absolute atomic E-state index is 0.0435. The zero-order chi connectivity index (χ0) is 13.8. The average Bonchev–Trinajstić information content (AvgIpc) is 2.71. The van der Waals surface area contributed by atoms with E-state index < -0.39 is 0 Å². The molecule has 0 bridgehead atoms. The maximum absolute atomic E-state index is 11.8. The van der Waals surface area contributed by atoms with Crippen LogP contribution in [0.3, 0.4) is 0 Å². The van der Waals surface area contributed by atoms with Crippen molar-refractivity contribution in [1.29, 1.82) is 0 Å². The fourth-order valence-corrected chi connectivity index (χ4v) is 3.46. The summed E-state index contributed by atoms with van der Waals surface area (Å²) in [5.41, 5.74) is 1.19.